The van der Waals surface area contributed by atoms with E-state index in [-0.39, 0.29) is 23.3 Å². The number of nitrogens with zero attached hydrogens (tertiary/aromatic N) is 4. The molecule has 0 atom stereocenters. The van der Waals surface area contributed by atoms with Crippen LogP contribution >= 0.6 is 0 Å². The lowest BCUT2D eigenvalue weighted by Gasteiger charge is -2.13. The van der Waals surface area contributed by atoms with Crippen LogP contribution < -0.4 is 14.9 Å². The van der Waals surface area contributed by atoms with E-state index in [2.05, 4.69) is 15.0 Å². The van der Waals surface area contributed by atoms with Crippen molar-refractivity contribution < 1.29 is 23.0 Å². The molecule has 4 aromatic heterocycles. The lowest BCUT2D eigenvalue weighted by Crippen LogP contribution is -2.21. The minimum absolute atomic E-state index is 0.0696. The Morgan fingerprint density at radius 3 is 2.43 bits per heavy atom. The van der Waals surface area contributed by atoms with Gasteiger partial charge in [0.05, 0.1) is 23.9 Å². The third-order valence-corrected chi connectivity index (χ3v) is 7.02. The number of rotatable bonds is 8. The Morgan fingerprint density at radius 2 is 1.70 bits per heavy atom. The second-order valence-corrected chi connectivity index (χ2v) is 9.94. The first-order chi connectivity index (χ1) is 21.3. The first kappa shape index (κ1) is 28.4. The van der Waals surface area contributed by atoms with Gasteiger partial charge in [-0.2, -0.15) is 0 Å². The fourth-order valence-corrected chi connectivity index (χ4v) is 4.80. The Labute approximate surface area is 250 Å². The zero-order valence-corrected chi connectivity index (χ0v) is 23.6. The molecule has 0 fully saturated rings. The van der Waals surface area contributed by atoms with Gasteiger partial charge in [-0.15, -0.1) is 0 Å². The van der Waals surface area contributed by atoms with Crippen LogP contribution in [0.25, 0.3) is 28.0 Å². The molecule has 0 aliphatic rings. The molecule has 10 heteroatoms. The number of aromatic nitrogens is 4. The molecule has 6 aromatic rings. The third kappa shape index (κ3) is 5.65. The zero-order valence-electron chi connectivity index (χ0n) is 23.6. The molecule has 218 valence electrons. The molecule has 44 heavy (non-hydrogen) atoms. The number of methoxy groups -OCH3 is 1. The zero-order chi connectivity index (χ0) is 30.8. The Morgan fingerprint density at radius 1 is 0.886 bits per heavy atom. The average Bonchev–Trinajstić information content (AvgIpc) is 3.03. The number of ketones is 1. The highest BCUT2D eigenvalue weighted by Crippen LogP contribution is 2.32. The summed E-state index contributed by atoms with van der Waals surface area (Å²) in [6.45, 7) is 1.78. The lowest BCUT2D eigenvalue weighted by atomic mass is 9.99. The number of carbonyl (C=O) groups is 1. The molecule has 4 heterocycles. The minimum atomic E-state index is -0.698. The van der Waals surface area contributed by atoms with Crippen LogP contribution in [0.5, 0.6) is 17.2 Å². The Hall–Kier alpha value is -5.77. The Balaban J connectivity index is 1.31. The van der Waals surface area contributed by atoms with Crippen LogP contribution in [0.3, 0.4) is 0 Å². The standard InChI is InChI=1S/C34H24F2N4O4/c1-20-31(43-2)17-27-33(39-20)30(12-14-37-27)44-29-11-6-21(15-26(29)36)16-28(41)25-19-40(32-5-3-4-13-38-32)18-24(34(25)42)22-7-9-23(35)10-8-22/h3-15,17-19H,16H2,1-2H3. The molecule has 6 rings (SSSR count). The quantitative estimate of drug-likeness (QED) is 0.183. The molecule has 8 nitrogen and oxygen atoms in total. The van der Waals surface area contributed by atoms with E-state index >= 15 is 4.39 Å². The molecule has 0 aliphatic heterocycles. The largest absolute Gasteiger partial charge is 0.495 e. The number of Topliss-reactive ketones (excluding diaryl/α,β-unsaturated/α-hetero) is 1. The Kier molecular flexibility index (Phi) is 7.63. The maximum atomic E-state index is 15.3. The van der Waals surface area contributed by atoms with Crippen LogP contribution in [0.4, 0.5) is 8.78 Å². The van der Waals surface area contributed by atoms with Gasteiger partial charge in [0.1, 0.15) is 22.9 Å². The van der Waals surface area contributed by atoms with E-state index in [0.717, 1.165) is 0 Å². The summed E-state index contributed by atoms with van der Waals surface area (Å²) in [5.74, 6) is -0.399. The van der Waals surface area contributed by atoms with E-state index in [1.807, 2.05) is 0 Å². The van der Waals surface area contributed by atoms with Crippen molar-refractivity contribution in [2.75, 3.05) is 7.11 Å². The van der Waals surface area contributed by atoms with Crippen molar-refractivity contribution in [1.82, 2.24) is 19.5 Å². The third-order valence-electron chi connectivity index (χ3n) is 7.02. The van der Waals surface area contributed by atoms with Crippen molar-refractivity contribution in [1.29, 1.82) is 0 Å². The topological polar surface area (TPSA) is 96.2 Å². The number of benzene rings is 2. The van der Waals surface area contributed by atoms with Gasteiger partial charge >= 0.3 is 0 Å². The number of fused-ring (bicyclic) bond motifs is 1. The Bertz CT molecular complexity index is 2080. The number of aryl methyl sites for hydroxylation is 1. The van der Waals surface area contributed by atoms with Crippen molar-refractivity contribution in [2.45, 2.75) is 13.3 Å². The fourth-order valence-electron chi connectivity index (χ4n) is 4.80. The molecular weight excluding hydrogens is 566 g/mol. The molecule has 2 aromatic carbocycles. The SMILES string of the molecule is COc1cc2nccc(Oc3ccc(CC(=O)c4cn(-c5ccccn5)cc(-c5ccc(F)cc5)c4=O)cc3F)c2nc1C. The summed E-state index contributed by atoms with van der Waals surface area (Å²) < 4.78 is 41.6. The molecule has 0 saturated heterocycles. The number of hydrogen-bond donors (Lipinski definition) is 0. The minimum Gasteiger partial charge on any atom is -0.495 e. The van der Waals surface area contributed by atoms with Gasteiger partial charge in [0, 0.05) is 48.9 Å². The van der Waals surface area contributed by atoms with E-state index in [0.29, 0.717) is 45.2 Å². The van der Waals surface area contributed by atoms with Crippen LogP contribution in [0.2, 0.25) is 0 Å². The van der Waals surface area contributed by atoms with Crippen LogP contribution in [-0.2, 0) is 6.42 Å². The summed E-state index contributed by atoms with van der Waals surface area (Å²) in [6, 6.07) is 18.1. The van der Waals surface area contributed by atoms with E-state index in [1.54, 1.807) is 60.3 Å². The smallest absolute Gasteiger partial charge is 0.200 e. The van der Waals surface area contributed by atoms with Gasteiger partial charge in [-0.25, -0.2) is 18.7 Å². The summed E-state index contributed by atoms with van der Waals surface area (Å²) >= 11 is 0. The summed E-state index contributed by atoms with van der Waals surface area (Å²) in [5, 5.41) is 0. The molecular formula is C34H24F2N4O4. The molecule has 0 amide bonds. The summed E-state index contributed by atoms with van der Waals surface area (Å²) in [7, 11) is 1.54. The van der Waals surface area contributed by atoms with E-state index in [4.69, 9.17) is 9.47 Å². The van der Waals surface area contributed by atoms with Gasteiger partial charge in [0.2, 0.25) is 0 Å². The van der Waals surface area contributed by atoms with Crippen molar-refractivity contribution in [3.8, 4) is 34.2 Å². The maximum absolute atomic E-state index is 15.3. The van der Waals surface area contributed by atoms with Gasteiger partial charge in [0.15, 0.2) is 28.5 Å². The second-order valence-electron chi connectivity index (χ2n) is 9.94. The molecule has 0 saturated carbocycles. The highest BCUT2D eigenvalue weighted by atomic mass is 19.1. The normalized spacial score (nSPS) is 11.0. The summed E-state index contributed by atoms with van der Waals surface area (Å²) in [4.78, 5) is 40.1. The van der Waals surface area contributed by atoms with Gasteiger partial charge in [0.25, 0.3) is 0 Å². The van der Waals surface area contributed by atoms with Gasteiger partial charge in [-0.1, -0.05) is 24.3 Å². The first-order valence-electron chi connectivity index (χ1n) is 13.5. The predicted molar refractivity (Wildman–Crippen MR) is 161 cm³/mol. The summed E-state index contributed by atoms with van der Waals surface area (Å²) in [5.41, 5.74) is 1.92. The predicted octanol–water partition coefficient (Wildman–Crippen LogP) is 6.66. The molecule has 0 unspecified atom stereocenters. The van der Waals surface area contributed by atoms with Crippen LogP contribution in [-0.4, -0.2) is 32.4 Å². The highest BCUT2D eigenvalue weighted by Gasteiger charge is 2.19. The number of carbonyl (C=O) groups excluding carboxylic acids is 1. The second kappa shape index (κ2) is 11.8. The lowest BCUT2D eigenvalue weighted by molar-refractivity contribution is 0.0991. The fraction of sp³-hybridized carbons (Fsp3) is 0.0882. The molecule has 0 spiro atoms. The van der Waals surface area contributed by atoms with Gasteiger partial charge in [-0.05, 0) is 54.4 Å². The maximum Gasteiger partial charge on any atom is 0.200 e. The van der Waals surface area contributed by atoms with Gasteiger partial charge < -0.3 is 14.0 Å². The first-order valence-corrected chi connectivity index (χ1v) is 13.5. The monoisotopic (exact) mass is 590 g/mol. The number of pyridine rings is 4. The summed E-state index contributed by atoms with van der Waals surface area (Å²) in [6.07, 6.45) is 5.82. The van der Waals surface area contributed by atoms with Crippen molar-refractivity contribution in [2.24, 2.45) is 0 Å². The average molecular weight is 591 g/mol. The van der Waals surface area contributed by atoms with Crippen LogP contribution in [0, 0.1) is 18.6 Å². The van der Waals surface area contributed by atoms with E-state index < -0.39 is 22.8 Å². The van der Waals surface area contributed by atoms with Crippen LogP contribution in [0.15, 0.2) is 102 Å². The van der Waals surface area contributed by atoms with E-state index in [9.17, 15) is 14.0 Å². The van der Waals surface area contributed by atoms with Gasteiger partial charge in [-0.3, -0.25) is 14.6 Å². The number of halogens is 2. The van der Waals surface area contributed by atoms with Crippen molar-refractivity contribution in [3.05, 3.63) is 136 Å². The molecule has 0 bridgehead atoms. The highest BCUT2D eigenvalue weighted by molar-refractivity contribution is 5.98. The van der Waals surface area contributed by atoms with Crippen molar-refractivity contribution in [3.63, 3.8) is 0 Å². The van der Waals surface area contributed by atoms with Crippen LogP contribution in [0.1, 0.15) is 21.6 Å². The van der Waals surface area contributed by atoms with Crippen molar-refractivity contribution >= 4 is 16.8 Å². The van der Waals surface area contributed by atoms with E-state index in [1.165, 1.54) is 55.9 Å². The number of ether oxygens (including phenoxy) is 2. The number of hydrogen-bond acceptors (Lipinski definition) is 7. The molecule has 0 aliphatic carbocycles. The molecule has 0 N–H and O–H groups in total. The molecule has 0 radical (unpaired) electrons.